The number of fused-ring (bicyclic) bond motifs is 1. The molecule has 4 heterocycles. The van der Waals surface area contributed by atoms with Crippen LogP contribution in [-0.4, -0.2) is 111 Å². The minimum absolute atomic E-state index is 0.0951. The van der Waals surface area contributed by atoms with Crippen LogP contribution in [0.1, 0.15) is 47.5 Å². The van der Waals surface area contributed by atoms with Crippen LogP contribution in [0.15, 0.2) is 30.3 Å². The molecule has 0 spiro atoms. The summed E-state index contributed by atoms with van der Waals surface area (Å²) in [5.74, 6) is 0.0591. The van der Waals surface area contributed by atoms with Crippen molar-refractivity contribution in [2.75, 3.05) is 63.9 Å². The van der Waals surface area contributed by atoms with E-state index in [2.05, 4.69) is 50.3 Å². The fourth-order valence-electron chi connectivity index (χ4n) is 6.36. The molecule has 4 saturated heterocycles. The molecule has 0 aliphatic carbocycles. The first-order valence-corrected chi connectivity index (χ1v) is 14.8. The number of alkyl carbamates (subject to hydrolysis) is 1. The molecular formula is C30H48N4O5. The molecule has 9 heteroatoms. The number of rotatable bonds is 6. The van der Waals surface area contributed by atoms with Gasteiger partial charge >= 0.3 is 6.09 Å². The van der Waals surface area contributed by atoms with Crippen molar-refractivity contribution >= 4 is 11.8 Å². The summed E-state index contributed by atoms with van der Waals surface area (Å²) in [5, 5.41) is 2.95. The second-order valence-electron chi connectivity index (χ2n) is 13.1. The van der Waals surface area contributed by atoms with Crippen molar-refractivity contribution in [1.82, 2.24) is 15.1 Å². The Balaban J connectivity index is 1.07. The van der Waals surface area contributed by atoms with Crippen LogP contribution >= 0.6 is 0 Å². The quantitative estimate of drug-likeness (QED) is 0.585. The summed E-state index contributed by atoms with van der Waals surface area (Å²) >= 11 is 0. The van der Waals surface area contributed by atoms with E-state index in [1.54, 1.807) is 0 Å². The van der Waals surface area contributed by atoms with Gasteiger partial charge in [0, 0.05) is 58.0 Å². The van der Waals surface area contributed by atoms with Crippen LogP contribution < -0.4 is 10.2 Å². The predicted octanol–water partition coefficient (Wildman–Crippen LogP) is 3.33. The third kappa shape index (κ3) is 7.64. The van der Waals surface area contributed by atoms with E-state index in [1.807, 2.05) is 34.6 Å². The Labute approximate surface area is 234 Å². The third-order valence-electron chi connectivity index (χ3n) is 8.27. The molecule has 0 bridgehead atoms. The molecule has 218 valence electrons. The van der Waals surface area contributed by atoms with Crippen molar-refractivity contribution in [1.29, 1.82) is 0 Å². The second kappa shape index (κ2) is 11.9. The number of hydrogen-bond acceptors (Lipinski definition) is 8. The highest BCUT2D eigenvalue weighted by atomic mass is 16.8. The van der Waals surface area contributed by atoms with E-state index in [0.717, 1.165) is 51.7 Å². The van der Waals surface area contributed by atoms with Crippen LogP contribution in [0.2, 0.25) is 0 Å². The van der Waals surface area contributed by atoms with Gasteiger partial charge in [0.2, 0.25) is 0 Å². The van der Waals surface area contributed by atoms with Gasteiger partial charge in [-0.1, -0.05) is 18.2 Å². The molecule has 0 aromatic heterocycles. The van der Waals surface area contributed by atoms with Crippen LogP contribution in [0.5, 0.6) is 0 Å². The second-order valence-corrected chi connectivity index (χ2v) is 13.1. The molecule has 4 fully saturated rings. The molecule has 4 aliphatic heterocycles. The van der Waals surface area contributed by atoms with Crippen molar-refractivity contribution in [3.8, 4) is 0 Å². The van der Waals surface area contributed by atoms with Gasteiger partial charge < -0.3 is 34.1 Å². The number of para-hydroxylation sites is 1. The maximum absolute atomic E-state index is 12.4. The number of hydrogen-bond donors (Lipinski definition) is 1. The van der Waals surface area contributed by atoms with Gasteiger partial charge in [0.15, 0.2) is 5.79 Å². The van der Waals surface area contributed by atoms with Crippen molar-refractivity contribution in [3.63, 3.8) is 0 Å². The average Bonchev–Trinajstić information content (AvgIpc) is 3.22. The molecule has 1 amide bonds. The summed E-state index contributed by atoms with van der Waals surface area (Å²) < 4.78 is 24.3. The fraction of sp³-hybridized carbons (Fsp3) is 0.767. The number of carbonyl (C=O) groups excluding carboxylic acids is 1. The van der Waals surface area contributed by atoms with E-state index in [9.17, 15) is 4.79 Å². The summed E-state index contributed by atoms with van der Waals surface area (Å²) in [4.78, 5) is 20.1. The Morgan fingerprint density at radius 3 is 2.21 bits per heavy atom. The maximum Gasteiger partial charge on any atom is 0.408 e. The van der Waals surface area contributed by atoms with Gasteiger partial charge in [0.1, 0.15) is 17.8 Å². The summed E-state index contributed by atoms with van der Waals surface area (Å²) in [6, 6.07) is 10.5. The number of anilines is 1. The van der Waals surface area contributed by atoms with E-state index in [4.69, 9.17) is 18.9 Å². The minimum atomic E-state index is -0.718. The number of piperidine rings is 1. The van der Waals surface area contributed by atoms with E-state index in [0.29, 0.717) is 6.61 Å². The fourth-order valence-corrected chi connectivity index (χ4v) is 6.36. The number of nitrogens with zero attached hydrogens (tertiary/aromatic N) is 3. The molecular weight excluding hydrogens is 496 g/mol. The first-order valence-electron chi connectivity index (χ1n) is 14.8. The summed E-state index contributed by atoms with van der Waals surface area (Å²) in [5.41, 5.74) is 0.791. The normalized spacial score (nSPS) is 30.6. The van der Waals surface area contributed by atoms with E-state index < -0.39 is 17.5 Å². The highest BCUT2D eigenvalue weighted by Crippen LogP contribution is 2.36. The van der Waals surface area contributed by atoms with Crippen LogP contribution in [0, 0.1) is 5.92 Å². The molecule has 1 N–H and O–H groups in total. The predicted molar refractivity (Wildman–Crippen MR) is 151 cm³/mol. The lowest BCUT2D eigenvalue weighted by molar-refractivity contribution is -0.156. The lowest BCUT2D eigenvalue weighted by Crippen LogP contribution is -2.61. The summed E-state index contributed by atoms with van der Waals surface area (Å²) in [7, 11) is 0. The molecule has 4 atom stereocenters. The van der Waals surface area contributed by atoms with Crippen molar-refractivity contribution in [2.45, 2.75) is 83.2 Å². The van der Waals surface area contributed by atoms with E-state index in [1.165, 1.54) is 25.1 Å². The number of benzene rings is 1. The lowest BCUT2D eigenvalue weighted by atomic mass is 9.95. The van der Waals surface area contributed by atoms with Crippen molar-refractivity contribution < 1.29 is 23.7 Å². The van der Waals surface area contributed by atoms with Gasteiger partial charge in [-0.25, -0.2) is 4.79 Å². The number of nitrogens with one attached hydrogen (secondary N) is 1. The summed E-state index contributed by atoms with van der Waals surface area (Å²) in [6.07, 6.45) is 1.47. The molecule has 9 nitrogen and oxygen atoms in total. The zero-order valence-corrected chi connectivity index (χ0v) is 24.4. The first-order chi connectivity index (χ1) is 18.5. The van der Waals surface area contributed by atoms with Gasteiger partial charge in [-0.15, -0.1) is 0 Å². The van der Waals surface area contributed by atoms with Gasteiger partial charge in [0.25, 0.3) is 0 Å². The lowest BCUT2D eigenvalue weighted by Gasteiger charge is -2.42. The monoisotopic (exact) mass is 544 g/mol. The third-order valence-corrected chi connectivity index (χ3v) is 8.27. The molecule has 39 heavy (non-hydrogen) atoms. The zero-order valence-electron chi connectivity index (χ0n) is 24.4. The summed E-state index contributed by atoms with van der Waals surface area (Å²) in [6.45, 7) is 18.4. The SMILES string of the molecule is CC(C)(C)OC(=O)N[C@H]1CO[C@H](CN2CCN(CC3CCN(c4ccccc4)CC3)CC2)[C@@H]2OC(C)(C)O[C@@H]21. The zero-order chi connectivity index (χ0) is 27.6. The highest BCUT2D eigenvalue weighted by Gasteiger charge is 2.52. The Morgan fingerprint density at radius 2 is 1.56 bits per heavy atom. The first kappa shape index (κ1) is 28.6. The Hall–Kier alpha value is -1.91. The largest absolute Gasteiger partial charge is 0.444 e. The average molecular weight is 545 g/mol. The standard InChI is InChI=1S/C30H48N4O5/c1-29(2,3)39-28(35)31-24-21-36-25(27-26(24)37-30(4,5)38-27)20-33-17-15-32(16-18-33)19-22-11-13-34(14-12-22)23-9-7-6-8-10-23/h6-10,22,24-27H,11-21H2,1-5H3,(H,31,35)/t24-,25+,26+,27-/m0/s1. The number of amides is 1. The Bertz CT molecular complexity index is 938. The molecule has 1 aromatic carbocycles. The van der Waals surface area contributed by atoms with Gasteiger partial charge in [-0.2, -0.15) is 0 Å². The molecule has 0 radical (unpaired) electrons. The van der Waals surface area contributed by atoms with Gasteiger partial charge in [-0.05, 0) is 65.5 Å². The topological polar surface area (TPSA) is 75.7 Å². The van der Waals surface area contributed by atoms with Crippen molar-refractivity contribution in [3.05, 3.63) is 30.3 Å². The van der Waals surface area contributed by atoms with Gasteiger partial charge in [-0.3, -0.25) is 4.90 Å². The number of ether oxygens (including phenoxy) is 4. The maximum atomic E-state index is 12.4. The number of piperazine rings is 1. The van der Waals surface area contributed by atoms with Crippen LogP contribution in [0.4, 0.5) is 10.5 Å². The highest BCUT2D eigenvalue weighted by molar-refractivity contribution is 5.68. The van der Waals surface area contributed by atoms with Gasteiger partial charge in [0.05, 0.1) is 18.8 Å². The van der Waals surface area contributed by atoms with Crippen molar-refractivity contribution in [2.24, 2.45) is 5.92 Å². The molecule has 5 rings (SSSR count). The van der Waals surface area contributed by atoms with E-state index >= 15 is 0 Å². The Kier molecular flexibility index (Phi) is 8.74. The van der Waals surface area contributed by atoms with Crippen LogP contribution in [0.3, 0.4) is 0 Å². The molecule has 1 aromatic rings. The van der Waals surface area contributed by atoms with E-state index in [-0.39, 0.29) is 24.4 Å². The van der Waals surface area contributed by atoms with Crippen LogP contribution in [-0.2, 0) is 18.9 Å². The number of carbonyl (C=O) groups is 1. The molecule has 0 saturated carbocycles. The molecule has 0 unspecified atom stereocenters. The molecule has 4 aliphatic rings. The smallest absolute Gasteiger partial charge is 0.408 e. The van der Waals surface area contributed by atoms with Crippen LogP contribution in [0.25, 0.3) is 0 Å². The minimum Gasteiger partial charge on any atom is -0.444 e. The Morgan fingerprint density at radius 1 is 0.949 bits per heavy atom.